The van der Waals surface area contributed by atoms with E-state index in [1.165, 1.54) is 21.6 Å². The Morgan fingerprint density at radius 1 is 1.20 bits per heavy atom. The summed E-state index contributed by atoms with van der Waals surface area (Å²) in [7, 11) is 0. The second-order valence-electron chi connectivity index (χ2n) is 6.04. The molecule has 0 bridgehead atoms. The molecule has 4 rings (SSSR count). The average molecular weight is 411 g/mol. The lowest BCUT2D eigenvalue weighted by atomic mass is 10.1. The number of nitrogens with one attached hydrogen (secondary N) is 1. The van der Waals surface area contributed by atoms with Gasteiger partial charge in [-0.15, -0.1) is 10.2 Å². The van der Waals surface area contributed by atoms with Crippen molar-refractivity contribution in [3.63, 3.8) is 0 Å². The SMILES string of the molecule is FC(F)(F)c1ccc2nnc(CNC3CCc4c(Br)cccc43)n2c1. The highest BCUT2D eigenvalue weighted by Crippen LogP contribution is 2.35. The van der Waals surface area contributed by atoms with Gasteiger partial charge < -0.3 is 5.32 Å². The molecule has 0 saturated heterocycles. The number of aromatic nitrogens is 3. The van der Waals surface area contributed by atoms with Gasteiger partial charge in [-0.1, -0.05) is 28.1 Å². The first-order valence-electron chi connectivity index (χ1n) is 7.85. The molecule has 1 N–H and O–H groups in total. The molecule has 0 spiro atoms. The number of fused-ring (bicyclic) bond motifs is 2. The van der Waals surface area contributed by atoms with Crippen LogP contribution in [-0.2, 0) is 19.1 Å². The minimum absolute atomic E-state index is 0.158. The highest BCUT2D eigenvalue weighted by molar-refractivity contribution is 9.10. The molecular weight excluding hydrogens is 397 g/mol. The number of rotatable bonds is 3. The summed E-state index contributed by atoms with van der Waals surface area (Å²) in [6.45, 7) is 0.346. The molecule has 130 valence electrons. The fraction of sp³-hybridized carbons (Fsp3) is 0.294. The van der Waals surface area contributed by atoms with Crippen molar-refractivity contribution in [1.29, 1.82) is 0 Å². The van der Waals surface area contributed by atoms with Crippen molar-refractivity contribution >= 4 is 21.6 Å². The Hall–Kier alpha value is -1.93. The molecule has 3 aromatic rings. The van der Waals surface area contributed by atoms with Crippen molar-refractivity contribution in [2.75, 3.05) is 0 Å². The van der Waals surface area contributed by atoms with E-state index in [2.05, 4.69) is 37.5 Å². The van der Waals surface area contributed by atoms with Crippen molar-refractivity contribution in [3.05, 3.63) is 63.5 Å². The van der Waals surface area contributed by atoms with Crippen LogP contribution < -0.4 is 5.32 Å². The van der Waals surface area contributed by atoms with E-state index < -0.39 is 11.7 Å². The molecule has 0 aliphatic heterocycles. The minimum Gasteiger partial charge on any atom is -0.303 e. The van der Waals surface area contributed by atoms with Crippen LogP contribution in [0.2, 0.25) is 0 Å². The maximum absolute atomic E-state index is 12.9. The summed E-state index contributed by atoms with van der Waals surface area (Å²) in [6.07, 6.45) is -1.43. The number of halogens is 4. The standard InChI is InChI=1S/C17H14BrF3N4/c18-13-3-1-2-12-11(13)5-6-14(12)22-8-16-24-23-15-7-4-10(9-25(15)16)17(19,20)21/h1-4,7,9,14,22H,5-6,8H2. The van der Waals surface area contributed by atoms with E-state index in [1.54, 1.807) is 0 Å². The van der Waals surface area contributed by atoms with Crippen LogP contribution in [0.1, 0.15) is 35.0 Å². The van der Waals surface area contributed by atoms with Crippen molar-refractivity contribution in [2.24, 2.45) is 0 Å². The summed E-state index contributed by atoms with van der Waals surface area (Å²) >= 11 is 3.56. The molecule has 1 unspecified atom stereocenters. The van der Waals surface area contributed by atoms with Crippen LogP contribution >= 0.6 is 15.9 Å². The molecule has 0 radical (unpaired) electrons. The summed E-state index contributed by atoms with van der Waals surface area (Å²) in [4.78, 5) is 0. The third-order valence-electron chi connectivity index (χ3n) is 4.52. The lowest BCUT2D eigenvalue weighted by Gasteiger charge is -2.14. The first kappa shape index (κ1) is 16.5. The molecule has 0 amide bonds. The zero-order valence-corrected chi connectivity index (χ0v) is 14.6. The van der Waals surface area contributed by atoms with Crippen LogP contribution in [0.15, 0.2) is 41.0 Å². The first-order valence-corrected chi connectivity index (χ1v) is 8.64. The van der Waals surface area contributed by atoms with E-state index in [-0.39, 0.29) is 6.04 Å². The van der Waals surface area contributed by atoms with E-state index in [0.717, 1.165) is 29.6 Å². The van der Waals surface area contributed by atoms with Gasteiger partial charge in [0.25, 0.3) is 0 Å². The molecule has 4 nitrogen and oxygen atoms in total. The van der Waals surface area contributed by atoms with Gasteiger partial charge in [0.1, 0.15) is 0 Å². The van der Waals surface area contributed by atoms with E-state index in [9.17, 15) is 13.2 Å². The normalized spacial score (nSPS) is 17.2. The summed E-state index contributed by atoms with van der Waals surface area (Å²) < 4.78 is 41.2. The molecule has 1 aromatic carbocycles. The van der Waals surface area contributed by atoms with E-state index in [1.807, 2.05) is 12.1 Å². The molecule has 1 aliphatic carbocycles. The predicted molar refractivity (Wildman–Crippen MR) is 90.0 cm³/mol. The molecule has 2 heterocycles. The van der Waals surface area contributed by atoms with E-state index in [4.69, 9.17) is 0 Å². The van der Waals surface area contributed by atoms with Gasteiger partial charge in [0.05, 0.1) is 12.1 Å². The molecule has 1 aliphatic rings. The number of hydrogen-bond acceptors (Lipinski definition) is 3. The monoisotopic (exact) mass is 410 g/mol. The highest BCUT2D eigenvalue weighted by Gasteiger charge is 2.31. The fourth-order valence-corrected chi connectivity index (χ4v) is 3.84. The molecule has 8 heteroatoms. The molecule has 0 fully saturated rings. The molecule has 2 aromatic heterocycles. The smallest absolute Gasteiger partial charge is 0.303 e. The maximum atomic E-state index is 12.9. The van der Waals surface area contributed by atoms with Crippen LogP contribution in [0.25, 0.3) is 5.65 Å². The Bertz CT molecular complexity index is 935. The fourth-order valence-electron chi connectivity index (χ4n) is 3.26. The Labute approximate surface area is 150 Å². The number of benzene rings is 1. The summed E-state index contributed by atoms with van der Waals surface area (Å²) in [5.41, 5.74) is 2.19. The topological polar surface area (TPSA) is 42.2 Å². The van der Waals surface area contributed by atoms with Gasteiger partial charge in [0, 0.05) is 16.7 Å². The summed E-state index contributed by atoms with van der Waals surface area (Å²) in [5.74, 6) is 0.463. The first-order chi connectivity index (χ1) is 11.9. The molecular formula is C17H14BrF3N4. The summed E-state index contributed by atoms with van der Waals surface area (Å²) in [6, 6.07) is 8.60. The molecule has 1 atom stereocenters. The number of alkyl halides is 3. The lowest BCUT2D eigenvalue weighted by molar-refractivity contribution is -0.137. The van der Waals surface area contributed by atoms with Crippen molar-refractivity contribution in [2.45, 2.75) is 31.6 Å². The second kappa shape index (κ2) is 6.10. The van der Waals surface area contributed by atoms with Crippen LogP contribution in [-0.4, -0.2) is 14.6 Å². The van der Waals surface area contributed by atoms with Gasteiger partial charge in [-0.25, -0.2) is 0 Å². The van der Waals surface area contributed by atoms with Gasteiger partial charge in [0.15, 0.2) is 11.5 Å². The van der Waals surface area contributed by atoms with Gasteiger partial charge in [-0.3, -0.25) is 4.40 Å². The van der Waals surface area contributed by atoms with Gasteiger partial charge >= 0.3 is 6.18 Å². The average Bonchev–Trinajstić information content (AvgIpc) is 3.16. The zero-order chi connectivity index (χ0) is 17.6. The van der Waals surface area contributed by atoms with Crippen LogP contribution in [0.3, 0.4) is 0 Å². The quantitative estimate of drug-likeness (QED) is 0.700. The second-order valence-corrected chi connectivity index (χ2v) is 6.89. The Kier molecular flexibility index (Phi) is 4.04. The number of nitrogens with zero attached hydrogens (tertiary/aromatic N) is 3. The lowest BCUT2D eigenvalue weighted by Crippen LogP contribution is -2.20. The van der Waals surface area contributed by atoms with Crippen LogP contribution in [0.4, 0.5) is 13.2 Å². The van der Waals surface area contributed by atoms with Gasteiger partial charge in [-0.2, -0.15) is 13.2 Å². The largest absolute Gasteiger partial charge is 0.417 e. The maximum Gasteiger partial charge on any atom is 0.417 e. The number of hydrogen-bond donors (Lipinski definition) is 1. The van der Waals surface area contributed by atoms with E-state index in [0.29, 0.717) is 18.0 Å². The Balaban J connectivity index is 1.57. The minimum atomic E-state index is -4.39. The van der Waals surface area contributed by atoms with Crippen molar-refractivity contribution in [3.8, 4) is 0 Å². The molecule has 25 heavy (non-hydrogen) atoms. The third kappa shape index (κ3) is 3.04. The Morgan fingerprint density at radius 2 is 2.04 bits per heavy atom. The van der Waals surface area contributed by atoms with Crippen LogP contribution in [0, 0.1) is 0 Å². The third-order valence-corrected chi connectivity index (χ3v) is 5.26. The zero-order valence-electron chi connectivity index (χ0n) is 13.0. The van der Waals surface area contributed by atoms with Gasteiger partial charge in [0.2, 0.25) is 0 Å². The van der Waals surface area contributed by atoms with Crippen LogP contribution in [0.5, 0.6) is 0 Å². The van der Waals surface area contributed by atoms with Gasteiger partial charge in [-0.05, 0) is 42.2 Å². The van der Waals surface area contributed by atoms with Crippen molar-refractivity contribution < 1.29 is 13.2 Å². The van der Waals surface area contributed by atoms with Crippen molar-refractivity contribution in [1.82, 2.24) is 19.9 Å². The summed E-state index contributed by atoms with van der Waals surface area (Å²) in [5, 5.41) is 11.4. The number of pyridine rings is 1. The Morgan fingerprint density at radius 3 is 2.84 bits per heavy atom. The van der Waals surface area contributed by atoms with E-state index >= 15 is 0 Å². The molecule has 0 saturated carbocycles. The highest BCUT2D eigenvalue weighted by atomic mass is 79.9. The predicted octanol–water partition coefficient (Wildman–Crippen LogP) is 4.29.